The molecule has 0 aliphatic carbocycles. The Kier molecular flexibility index (Phi) is 5.97. The van der Waals surface area contributed by atoms with Crippen molar-refractivity contribution in [1.29, 1.82) is 0 Å². The molecule has 0 saturated carbocycles. The zero-order chi connectivity index (χ0) is 15.1. The average Bonchev–Trinajstić information content (AvgIpc) is 2.45. The Morgan fingerprint density at radius 3 is 2.35 bits per heavy atom. The first-order valence-electron chi connectivity index (χ1n) is 6.59. The minimum absolute atomic E-state index is 0.280. The van der Waals surface area contributed by atoms with Crippen molar-refractivity contribution in [3.63, 3.8) is 0 Å². The summed E-state index contributed by atoms with van der Waals surface area (Å²) >= 11 is 0. The van der Waals surface area contributed by atoms with E-state index >= 15 is 0 Å². The maximum atomic E-state index is 12.1. The molecule has 1 aromatic carbocycles. The van der Waals surface area contributed by atoms with Crippen molar-refractivity contribution in [3.8, 4) is 0 Å². The molecule has 0 aromatic heterocycles. The molecule has 0 radical (unpaired) electrons. The number of esters is 1. The molecule has 0 aliphatic rings. The van der Waals surface area contributed by atoms with Crippen LogP contribution in [0.5, 0.6) is 0 Å². The van der Waals surface area contributed by atoms with Gasteiger partial charge in [0.2, 0.25) is 0 Å². The van der Waals surface area contributed by atoms with Crippen LogP contribution in [0.15, 0.2) is 30.8 Å². The van der Waals surface area contributed by atoms with E-state index in [1.165, 1.54) is 7.11 Å². The summed E-state index contributed by atoms with van der Waals surface area (Å²) in [5.74, 6) is -0.422. The lowest BCUT2D eigenvalue weighted by Crippen LogP contribution is -2.42. The van der Waals surface area contributed by atoms with Crippen molar-refractivity contribution in [3.05, 3.63) is 42.0 Å². The van der Waals surface area contributed by atoms with Gasteiger partial charge in [0.1, 0.15) is 6.04 Å². The minimum Gasteiger partial charge on any atom is -0.467 e. The quantitative estimate of drug-likeness (QED) is 0.812. The third-order valence-electron chi connectivity index (χ3n) is 2.91. The highest BCUT2D eigenvalue weighted by Gasteiger charge is 2.22. The third kappa shape index (κ3) is 4.53. The van der Waals surface area contributed by atoms with E-state index in [9.17, 15) is 9.59 Å². The first-order valence-corrected chi connectivity index (χ1v) is 6.59. The van der Waals surface area contributed by atoms with Gasteiger partial charge in [-0.25, -0.2) is 4.79 Å². The van der Waals surface area contributed by atoms with E-state index in [1.54, 1.807) is 30.3 Å². The van der Waals surface area contributed by atoms with Crippen LogP contribution < -0.4 is 5.32 Å². The zero-order valence-corrected chi connectivity index (χ0v) is 12.2. The van der Waals surface area contributed by atoms with E-state index in [1.807, 2.05) is 13.8 Å². The van der Waals surface area contributed by atoms with Crippen LogP contribution >= 0.6 is 0 Å². The number of nitrogens with one attached hydrogen (secondary N) is 1. The molecule has 20 heavy (non-hydrogen) atoms. The highest BCUT2D eigenvalue weighted by Crippen LogP contribution is 2.09. The summed E-state index contributed by atoms with van der Waals surface area (Å²) in [7, 11) is 1.32. The Labute approximate surface area is 119 Å². The van der Waals surface area contributed by atoms with Crippen molar-refractivity contribution >= 4 is 18.0 Å². The topological polar surface area (TPSA) is 55.4 Å². The number of carbonyl (C=O) groups excluding carboxylic acids is 2. The van der Waals surface area contributed by atoms with E-state index in [0.717, 1.165) is 5.56 Å². The smallest absolute Gasteiger partial charge is 0.328 e. The maximum absolute atomic E-state index is 12.1. The predicted octanol–water partition coefficient (Wildman–Crippen LogP) is 2.65. The first kappa shape index (κ1) is 16.0. The van der Waals surface area contributed by atoms with Gasteiger partial charge in [-0.1, -0.05) is 38.6 Å². The number of benzene rings is 1. The fourth-order valence-corrected chi connectivity index (χ4v) is 1.84. The van der Waals surface area contributed by atoms with Crippen LogP contribution in [0.4, 0.5) is 0 Å². The second kappa shape index (κ2) is 7.48. The Balaban J connectivity index is 2.78. The zero-order valence-electron chi connectivity index (χ0n) is 12.2. The molecule has 0 unspecified atom stereocenters. The molecular weight excluding hydrogens is 254 g/mol. The molecule has 4 nitrogen and oxygen atoms in total. The molecule has 108 valence electrons. The van der Waals surface area contributed by atoms with Gasteiger partial charge in [-0.2, -0.15) is 0 Å². The predicted molar refractivity (Wildman–Crippen MR) is 79.3 cm³/mol. The molecule has 1 atom stereocenters. The van der Waals surface area contributed by atoms with Crippen LogP contribution in [0.3, 0.4) is 0 Å². The van der Waals surface area contributed by atoms with Gasteiger partial charge in [-0.15, -0.1) is 0 Å². The Hall–Kier alpha value is -2.10. The number of hydrogen-bond donors (Lipinski definition) is 1. The molecule has 1 amide bonds. The maximum Gasteiger partial charge on any atom is 0.328 e. The SMILES string of the molecule is C=Cc1ccc(C(=O)N[C@H](CC(C)C)C(=O)OC)cc1. The number of amides is 1. The number of methoxy groups -OCH3 is 1. The van der Waals surface area contributed by atoms with Gasteiger partial charge in [-0.3, -0.25) is 4.79 Å². The largest absolute Gasteiger partial charge is 0.467 e. The second-order valence-corrected chi connectivity index (χ2v) is 5.00. The highest BCUT2D eigenvalue weighted by molar-refractivity contribution is 5.96. The molecule has 1 N–H and O–H groups in total. The van der Waals surface area contributed by atoms with E-state index < -0.39 is 12.0 Å². The van der Waals surface area contributed by atoms with Gasteiger partial charge in [0.25, 0.3) is 5.91 Å². The van der Waals surface area contributed by atoms with Crippen molar-refractivity contribution < 1.29 is 14.3 Å². The molecule has 0 spiro atoms. The summed E-state index contributed by atoms with van der Waals surface area (Å²) < 4.78 is 4.72. The summed E-state index contributed by atoms with van der Waals surface area (Å²) in [6.07, 6.45) is 2.25. The molecule has 0 aliphatic heterocycles. The summed E-state index contributed by atoms with van der Waals surface area (Å²) in [6.45, 7) is 7.63. The highest BCUT2D eigenvalue weighted by atomic mass is 16.5. The Bertz CT molecular complexity index is 477. The van der Waals surface area contributed by atoms with E-state index in [2.05, 4.69) is 11.9 Å². The number of hydrogen-bond acceptors (Lipinski definition) is 3. The van der Waals surface area contributed by atoms with E-state index in [0.29, 0.717) is 12.0 Å². The fraction of sp³-hybridized carbons (Fsp3) is 0.375. The monoisotopic (exact) mass is 275 g/mol. The lowest BCUT2D eigenvalue weighted by molar-refractivity contribution is -0.143. The van der Waals surface area contributed by atoms with Crippen LogP contribution in [0, 0.1) is 5.92 Å². The number of carbonyl (C=O) groups is 2. The summed E-state index contributed by atoms with van der Waals surface area (Å²) in [6, 6.07) is 6.40. The van der Waals surface area contributed by atoms with Crippen LogP contribution in [-0.4, -0.2) is 25.0 Å². The van der Waals surface area contributed by atoms with Gasteiger partial charge < -0.3 is 10.1 Å². The van der Waals surface area contributed by atoms with Crippen LogP contribution in [0.1, 0.15) is 36.2 Å². The standard InChI is InChI=1S/C16H21NO3/c1-5-12-6-8-13(9-7-12)15(18)17-14(10-11(2)3)16(19)20-4/h5-9,11,14H,1,10H2,2-4H3,(H,17,18)/t14-/m1/s1. The molecule has 0 heterocycles. The first-order chi connectivity index (χ1) is 9.47. The molecular formula is C16H21NO3. The fourth-order valence-electron chi connectivity index (χ4n) is 1.84. The molecule has 0 bridgehead atoms. The second-order valence-electron chi connectivity index (χ2n) is 5.00. The van der Waals surface area contributed by atoms with Crippen molar-refractivity contribution in [2.24, 2.45) is 5.92 Å². The number of ether oxygens (including phenoxy) is 1. The van der Waals surface area contributed by atoms with Gasteiger partial charge in [0.05, 0.1) is 7.11 Å². The molecule has 0 fully saturated rings. The molecule has 1 rings (SSSR count). The van der Waals surface area contributed by atoms with Crippen molar-refractivity contribution in [2.75, 3.05) is 7.11 Å². The summed E-state index contributed by atoms with van der Waals surface area (Å²) in [5.41, 5.74) is 1.45. The normalized spacial score (nSPS) is 11.8. The average molecular weight is 275 g/mol. The van der Waals surface area contributed by atoms with E-state index in [-0.39, 0.29) is 11.8 Å². The van der Waals surface area contributed by atoms with Gasteiger partial charge in [-0.05, 0) is 30.0 Å². The summed E-state index contributed by atoms with van der Waals surface area (Å²) in [4.78, 5) is 23.8. The van der Waals surface area contributed by atoms with E-state index in [4.69, 9.17) is 4.74 Å². The van der Waals surface area contributed by atoms with Gasteiger partial charge in [0, 0.05) is 5.56 Å². The van der Waals surface area contributed by atoms with Gasteiger partial charge >= 0.3 is 5.97 Å². The third-order valence-corrected chi connectivity index (χ3v) is 2.91. The Morgan fingerprint density at radius 2 is 1.90 bits per heavy atom. The lowest BCUT2D eigenvalue weighted by atomic mass is 10.0. The molecule has 1 aromatic rings. The molecule has 0 saturated heterocycles. The van der Waals surface area contributed by atoms with Gasteiger partial charge in [0.15, 0.2) is 0 Å². The van der Waals surface area contributed by atoms with Crippen molar-refractivity contribution in [1.82, 2.24) is 5.32 Å². The lowest BCUT2D eigenvalue weighted by Gasteiger charge is -2.18. The molecule has 4 heteroatoms. The van der Waals surface area contributed by atoms with Crippen LogP contribution in [0.25, 0.3) is 6.08 Å². The van der Waals surface area contributed by atoms with Crippen molar-refractivity contribution in [2.45, 2.75) is 26.3 Å². The Morgan fingerprint density at radius 1 is 1.30 bits per heavy atom. The minimum atomic E-state index is -0.619. The summed E-state index contributed by atoms with van der Waals surface area (Å²) in [5, 5.41) is 2.71. The van der Waals surface area contributed by atoms with Crippen LogP contribution in [0.2, 0.25) is 0 Å². The number of rotatable bonds is 6. The van der Waals surface area contributed by atoms with Crippen LogP contribution in [-0.2, 0) is 9.53 Å².